The zero-order chi connectivity index (χ0) is 11.5. The van der Waals surface area contributed by atoms with Crippen LogP contribution in [0.25, 0.3) is 0 Å². The van der Waals surface area contributed by atoms with E-state index in [-0.39, 0.29) is 10.6 Å². The molecule has 0 aliphatic heterocycles. The zero-order valence-electron chi connectivity index (χ0n) is 8.91. The Balaban J connectivity index is 2.17. The third-order valence-electron chi connectivity index (χ3n) is 2.53. The van der Waals surface area contributed by atoms with Gasteiger partial charge >= 0.3 is 0 Å². The maximum absolute atomic E-state index is 13.0. The molecule has 0 aliphatic carbocycles. The van der Waals surface area contributed by atoms with Gasteiger partial charge in [-0.05, 0) is 48.1 Å². The fourth-order valence-electron chi connectivity index (χ4n) is 1.71. The van der Waals surface area contributed by atoms with Gasteiger partial charge in [-0.15, -0.1) is 11.3 Å². The summed E-state index contributed by atoms with van der Waals surface area (Å²) in [6.45, 7) is 1.95. The van der Waals surface area contributed by atoms with Gasteiger partial charge in [0, 0.05) is 9.70 Å². The van der Waals surface area contributed by atoms with Gasteiger partial charge in [0.15, 0.2) is 0 Å². The van der Waals surface area contributed by atoms with Gasteiger partial charge in [0.1, 0.15) is 5.82 Å². The summed E-state index contributed by atoms with van der Waals surface area (Å²) in [6, 6.07) is 9.13. The van der Waals surface area contributed by atoms with E-state index in [2.05, 4.69) is 33.4 Å². The quantitative estimate of drug-likeness (QED) is 0.709. The van der Waals surface area contributed by atoms with E-state index in [0.717, 1.165) is 17.5 Å². The number of alkyl halides is 1. The first-order valence-corrected chi connectivity index (χ1v) is 6.89. The van der Waals surface area contributed by atoms with Gasteiger partial charge in [0.25, 0.3) is 0 Å². The van der Waals surface area contributed by atoms with Crippen LogP contribution in [0.4, 0.5) is 4.39 Å². The summed E-state index contributed by atoms with van der Waals surface area (Å²) < 4.78 is 13.0. The molecule has 0 fully saturated rings. The van der Waals surface area contributed by atoms with Gasteiger partial charge in [-0.1, -0.05) is 28.1 Å². The highest BCUT2D eigenvalue weighted by molar-refractivity contribution is 9.09. The number of hydrogen-bond donors (Lipinski definition) is 0. The van der Waals surface area contributed by atoms with Crippen molar-refractivity contribution in [2.24, 2.45) is 0 Å². The highest BCUT2D eigenvalue weighted by Gasteiger charge is 2.12. The molecule has 1 unspecified atom stereocenters. The number of hydrogen-bond acceptors (Lipinski definition) is 1. The lowest BCUT2D eigenvalue weighted by Gasteiger charge is -2.12. The van der Waals surface area contributed by atoms with Crippen LogP contribution in [0.3, 0.4) is 0 Å². The van der Waals surface area contributed by atoms with Crippen LogP contribution in [-0.2, 0) is 6.42 Å². The van der Waals surface area contributed by atoms with Crippen LogP contribution in [0, 0.1) is 12.7 Å². The largest absolute Gasteiger partial charge is 0.207 e. The minimum atomic E-state index is -0.169. The maximum atomic E-state index is 13.0. The van der Waals surface area contributed by atoms with Crippen molar-refractivity contribution in [1.82, 2.24) is 0 Å². The molecule has 0 N–H and O–H groups in total. The Bertz CT molecular complexity index is 465. The van der Waals surface area contributed by atoms with Gasteiger partial charge in [0.2, 0.25) is 0 Å². The van der Waals surface area contributed by atoms with Gasteiger partial charge in [-0.3, -0.25) is 0 Å². The van der Waals surface area contributed by atoms with Crippen LogP contribution in [0.15, 0.2) is 35.7 Å². The molecule has 0 saturated heterocycles. The lowest BCUT2D eigenvalue weighted by molar-refractivity contribution is 0.625. The Morgan fingerprint density at radius 3 is 2.81 bits per heavy atom. The average Bonchev–Trinajstić information content (AvgIpc) is 2.70. The van der Waals surface area contributed by atoms with E-state index in [0.29, 0.717) is 0 Å². The maximum Gasteiger partial charge on any atom is 0.123 e. The number of rotatable bonds is 3. The Morgan fingerprint density at radius 1 is 1.38 bits per heavy atom. The van der Waals surface area contributed by atoms with E-state index in [1.54, 1.807) is 17.4 Å². The Kier molecular flexibility index (Phi) is 3.77. The van der Waals surface area contributed by atoms with E-state index >= 15 is 0 Å². The molecule has 0 saturated carbocycles. The summed E-state index contributed by atoms with van der Waals surface area (Å²) in [5.74, 6) is -0.169. The molecule has 1 heterocycles. The fourth-order valence-corrected chi connectivity index (χ4v) is 3.53. The minimum absolute atomic E-state index is 0.169. The topological polar surface area (TPSA) is 0 Å². The number of thiophene rings is 1. The second kappa shape index (κ2) is 5.11. The molecular weight excluding hydrogens is 287 g/mol. The van der Waals surface area contributed by atoms with Crippen molar-refractivity contribution in [3.8, 4) is 0 Å². The van der Waals surface area contributed by atoms with Crippen LogP contribution in [0.1, 0.15) is 20.8 Å². The Morgan fingerprint density at radius 2 is 2.19 bits per heavy atom. The predicted molar refractivity (Wildman–Crippen MR) is 70.8 cm³/mol. The fraction of sp³-hybridized carbons (Fsp3) is 0.231. The van der Waals surface area contributed by atoms with Crippen LogP contribution < -0.4 is 0 Å². The van der Waals surface area contributed by atoms with Crippen LogP contribution in [0.5, 0.6) is 0 Å². The second-order valence-electron chi connectivity index (χ2n) is 3.75. The lowest BCUT2D eigenvalue weighted by atomic mass is 10.0. The molecule has 0 radical (unpaired) electrons. The molecule has 0 spiro atoms. The first-order chi connectivity index (χ1) is 7.66. The van der Waals surface area contributed by atoms with E-state index in [4.69, 9.17) is 0 Å². The summed E-state index contributed by atoms with van der Waals surface area (Å²) in [4.78, 5) is 1.59. The van der Waals surface area contributed by atoms with E-state index in [9.17, 15) is 4.39 Å². The lowest BCUT2D eigenvalue weighted by Crippen LogP contribution is -1.97. The number of aryl methyl sites for hydroxylation is 1. The smallest absolute Gasteiger partial charge is 0.123 e. The number of halogens is 2. The third kappa shape index (κ3) is 2.71. The first-order valence-electron chi connectivity index (χ1n) is 5.09. The molecule has 1 atom stereocenters. The average molecular weight is 299 g/mol. The molecule has 3 heteroatoms. The summed E-state index contributed by atoms with van der Waals surface area (Å²) in [5, 5.41) is 2.08. The second-order valence-corrected chi connectivity index (χ2v) is 5.89. The van der Waals surface area contributed by atoms with Crippen molar-refractivity contribution in [3.63, 3.8) is 0 Å². The van der Waals surface area contributed by atoms with Crippen molar-refractivity contribution in [2.45, 2.75) is 18.2 Å². The van der Waals surface area contributed by atoms with Crippen molar-refractivity contribution in [2.75, 3.05) is 0 Å². The molecule has 0 aliphatic rings. The number of benzene rings is 1. The molecule has 1 aromatic heterocycles. The van der Waals surface area contributed by atoms with E-state index < -0.39 is 0 Å². The molecule has 84 valence electrons. The molecule has 0 bridgehead atoms. The molecule has 16 heavy (non-hydrogen) atoms. The normalized spacial score (nSPS) is 12.7. The van der Waals surface area contributed by atoms with Gasteiger partial charge in [-0.25, -0.2) is 4.39 Å². The molecule has 2 aromatic rings. The Labute approximate surface area is 107 Å². The zero-order valence-corrected chi connectivity index (χ0v) is 11.3. The van der Waals surface area contributed by atoms with Gasteiger partial charge in [0.05, 0.1) is 0 Å². The molecule has 0 amide bonds. The van der Waals surface area contributed by atoms with Gasteiger partial charge in [-0.2, -0.15) is 0 Å². The van der Waals surface area contributed by atoms with Crippen molar-refractivity contribution < 1.29 is 4.39 Å². The molecule has 0 nitrogen and oxygen atoms in total. The van der Waals surface area contributed by atoms with Crippen LogP contribution >= 0.6 is 27.3 Å². The molecule has 1 aromatic carbocycles. The molecular formula is C13H12BrFS. The molecule has 2 rings (SSSR count). The summed E-state index contributed by atoms with van der Waals surface area (Å²) in [6.07, 6.45) is 0.949. The van der Waals surface area contributed by atoms with Crippen LogP contribution in [0.2, 0.25) is 0 Å². The van der Waals surface area contributed by atoms with Gasteiger partial charge < -0.3 is 0 Å². The monoisotopic (exact) mass is 298 g/mol. The SMILES string of the molecule is Cc1cc(F)ccc1C(Br)Cc1cccs1. The summed E-state index contributed by atoms with van der Waals surface area (Å²) >= 11 is 5.42. The van der Waals surface area contributed by atoms with Crippen molar-refractivity contribution in [3.05, 3.63) is 57.5 Å². The first kappa shape index (κ1) is 11.8. The summed E-state index contributed by atoms with van der Waals surface area (Å²) in [5.41, 5.74) is 2.16. The predicted octanol–water partition coefficient (Wildman–Crippen LogP) is 4.87. The van der Waals surface area contributed by atoms with Crippen LogP contribution in [-0.4, -0.2) is 0 Å². The highest BCUT2D eigenvalue weighted by Crippen LogP contribution is 2.31. The standard InChI is InChI=1S/C13H12BrFS/c1-9-7-10(15)4-5-12(9)13(14)8-11-3-2-6-16-11/h2-7,13H,8H2,1H3. The minimum Gasteiger partial charge on any atom is -0.207 e. The Hall–Kier alpha value is -0.670. The van der Waals surface area contributed by atoms with E-state index in [1.165, 1.54) is 10.9 Å². The van der Waals surface area contributed by atoms with Crippen molar-refractivity contribution >= 4 is 27.3 Å². The third-order valence-corrected chi connectivity index (χ3v) is 4.25. The van der Waals surface area contributed by atoms with Crippen molar-refractivity contribution in [1.29, 1.82) is 0 Å². The van der Waals surface area contributed by atoms with E-state index in [1.807, 2.05) is 13.0 Å². The highest BCUT2D eigenvalue weighted by atomic mass is 79.9. The summed E-state index contributed by atoms with van der Waals surface area (Å²) in [7, 11) is 0.